The number of carbonyl (C=O) groups is 2. The maximum absolute atomic E-state index is 11.6. The van der Waals surface area contributed by atoms with Crippen molar-refractivity contribution in [1.29, 1.82) is 0 Å². The van der Waals surface area contributed by atoms with Crippen LogP contribution in [0.2, 0.25) is 1.41 Å². The Morgan fingerprint density at radius 1 is 1.31 bits per heavy atom. The molecule has 0 saturated heterocycles. The van der Waals surface area contributed by atoms with Crippen LogP contribution in [0, 0.1) is 0 Å². The minimum absolute atomic E-state index is 0.295. The molecule has 0 spiro atoms. The van der Waals surface area contributed by atoms with Gasteiger partial charge in [-0.25, -0.2) is 0 Å². The van der Waals surface area contributed by atoms with Gasteiger partial charge in [-0.1, -0.05) is 6.07 Å². The normalized spacial score (nSPS) is 14.4. The summed E-state index contributed by atoms with van der Waals surface area (Å²) in [6.07, 6.45) is 0. The fourth-order valence-electron chi connectivity index (χ4n) is 1.62. The highest BCUT2D eigenvalue weighted by Crippen LogP contribution is 2.23. The second-order valence-corrected chi connectivity index (χ2v) is 3.47. The Morgan fingerprint density at radius 3 is 2.88 bits per heavy atom. The van der Waals surface area contributed by atoms with Crippen molar-refractivity contribution >= 4 is 17.5 Å². The van der Waals surface area contributed by atoms with Crippen molar-refractivity contribution in [3.8, 4) is 0 Å². The van der Waals surface area contributed by atoms with Crippen LogP contribution in [0.3, 0.4) is 0 Å². The van der Waals surface area contributed by atoms with E-state index in [1.54, 1.807) is 25.2 Å². The summed E-state index contributed by atoms with van der Waals surface area (Å²) in [5.74, 6) is -0.823. The minimum atomic E-state index is -0.428. The molecule has 0 atom stereocenters. The van der Waals surface area contributed by atoms with Crippen LogP contribution in [-0.4, -0.2) is 32.0 Å². The van der Waals surface area contributed by atoms with Gasteiger partial charge in [-0.2, -0.15) is 0 Å². The van der Waals surface area contributed by atoms with Gasteiger partial charge in [0.15, 0.2) is 1.41 Å². The lowest BCUT2D eigenvalue weighted by Crippen LogP contribution is -2.21. The summed E-state index contributed by atoms with van der Waals surface area (Å²) < 4.78 is 7.84. The van der Waals surface area contributed by atoms with Gasteiger partial charge in [0.25, 0.3) is 11.8 Å². The van der Waals surface area contributed by atoms with Crippen LogP contribution in [0.4, 0.5) is 5.69 Å². The van der Waals surface area contributed by atoms with Crippen LogP contribution >= 0.6 is 0 Å². The molecular formula is C11H13N3O2. The summed E-state index contributed by atoms with van der Waals surface area (Å²) in [4.78, 5) is 23.1. The fraction of sp³-hybridized carbons (Fsp3) is 0.273. The molecular weight excluding hydrogens is 206 g/mol. The molecule has 1 heterocycles. The Kier molecular flexibility index (Phi) is 2.53. The molecule has 0 saturated carbocycles. The van der Waals surface area contributed by atoms with Crippen molar-refractivity contribution in [1.82, 2.24) is 10.6 Å². The molecule has 1 aromatic carbocycles. The van der Waals surface area contributed by atoms with Crippen molar-refractivity contribution in [2.45, 2.75) is 0 Å². The number of fused-ring (bicyclic) bond motifs is 1. The van der Waals surface area contributed by atoms with Crippen LogP contribution in [-0.2, 0) is 0 Å². The summed E-state index contributed by atoms with van der Waals surface area (Å²) in [5.41, 5.74) is 1.10. The average molecular weight is 220 g/mol. The number of rotatable bonds is 4. The largest absolute Gasteiger partial charge is 0.383 e. The number of likely N-dealkylation sites (N-methyl/N-ethyl adjacent to an activating group) is 1. The van der Waals surface area contributed by atoms with E-state index in [0.29, 0.717) is 29.9 Å². The van der Waals surface area contributed by atoms with Gasteiger partial charge in [0.1, 0.15) is 0 Å². The van der Waals surface area contributed by atoms with Gasteiger partial charge in [-0.3, -0.25) is 14.9 Å². The predicted octanol–water partition coefficient (Wildman–Crippen LogP) is 0.201. The highest BCUT2D eigenvalue weighted by molar-refractivity contribution is 6.23. The first kappa shape index (κ1) is 9.35. The summed E-state index contributed by atoms with van der Waals surface area (Å²) >= 11 is 0. The van der Waals surface area contributed by atoms with Crippen molar-refractivity contribution < 1.29 is 11.0 Å². The van der Waals surface area contributed by atoms with E-state index in [1.165, 1.54) is 5.31 Å². The predicted molar refractivity (Wildman–Crippen MR) is 60.7 cm³/mol. The fourth-order valence-corrected chi connectivity index (χ4v) is 1.62. The lowest BCUT2D eigenvalue weighted by Gasteiger charge is -2.08. The third kappa shape index (κ3) is 1.77. The van der Waals surface area contributed by atoms with Gasteiger partial charge in [0, 0.05) is 18.8 Å². The van der Waals surface area contributed by atoms with E-state index in [4.69, 9.17) is 1.41 Å². The lowest BCUT2D eigenvalue weighted by atomic mass is 10.1. The number of nitrogens with one attached hydrogen (secondary N) is 3. The highest BCUT2D eigenvalue weighted by Gasteiger charge is 2.28. The first-order valence-electron chi connectivity index (χ1n) is 5.49. The van der Waals surface area contributed by atoms with Crippen LogP contribution in [0.15, 0.2) is 18.2 Å². The van der Waals surface area contributed by atoms with Crippen LogP contribution in [0.5, 0.6) is 0 Å². The summed E-state index contributed by atoms with van der Waals surface area (Å²) in [7, 11) is 1.79. The van der Waals surface area contributed by atoms with Gasteiger partial charge in [0.05, 0.1) is 11.1 Å². The molecule has 0 aromatic heterocycles. The standard InChI is InChI=1S/C11H13N3O2/c1-12-5-6-13-8-4-2-3-7-9(8)11(16)14-10(7)15/h2-4,12-13H,5-6H2,1H3,(H,14,15,16)/i/hD. The lowest BCUT2D eigenvalue weighted by molar-refractivity contribution is 0.0880. The number of imide groups is 1. The van der Waals surface area contributed by atoms with Gasteiger partial charge in [-0.05, 0) is 19.2 Å². The second kappa shape index (κ2) is 4.32. The molecule has 0 fully saturated rings. The molecule has 2 rings (SSSR count). The molecule has 5 nitrogen and oxygen atoms in total. The monoisotopic (exact) mass is 220 g/mol. The first-order valence-corrected chi connectivity index (χ1v) is 5.05. The Hall–Kier alpha value is -1.88. The number of hydrogen-bond donors (Lipinski definition) is 3. The third-order valence-corrected chi connectivity index (χ3v) is 2.39. The third-order valence-electron chi connectivity index (χ3n) is 2.39. The molecule has 16 heavy (non-hydrogen) atoms. The quantitative estimate of drug-likeness (QED) is 0.634. The van der Waals surface area contributed by atoms with Gasteiger partial charge in [-0.15, -0.1) is 0 Å². The van der Waals surface area contributed by atoms with Crippen molar-refractivity contribution in [3.05, 3.63) is 29.3 Å². The summed E-state index contributed by atoms with van der Waals surface area (Å²) in [6.45, 7) is 1.07. The Morgan fingerprint density at radius 2 is 2.12 bits per heavy atom. The van der Waals surface area contributed by atoms with E-state index in [1.807, 2.05) is 0 Å². The SMILES string of the molecule is [2H]N(CCNC)c1cccc2c1C(=O)NC2=O. The molecule has 0 unspecified atom stereocenters. The summed E-state index contributed by atoms with van der Waals surface area (Å²) in [6, 6.07) is 4.93. The number of anilines is 1. The van der Waals surface area contributed by atoms with Crippen LogP contribution < -0.4 is 15.9 Å². The van der Waals surface area contributed by atoms with E-state index in [2.05, 4.69) is 10.6 Å². The summed E-state index contributed by atoms with van der Waals surface area (Å²) in [5, 5.41) is 6.37. The molecule has 3 N–H and O–H groups in total. The highest BCUT2D eigenvalue weighted by atomic mass is 16.2. The molecule has 0 bridgehead atoms. The molecule has 0 aliphatic carbocycles. The van der Waals surface area contributed by atoms with Crippen molar-refractivity contribution in [2.75, 3.05) is 25.4 Å². The Bertz CT molecular complexity index is 476. The maximum atomic E-state index is 11.6. The van der Waals surface area contributed by atoms with Crippen LogP contribution in [0.25, 0.3) is 0 Å². The van der Waals surface area contributed by atoms with Crippen molar-refractivity contribution in [2.24, 2.45) is 0 Å². The Balaban J connectivity index is 2.36. The molecule has 1 aliphatic rings. The van der Waals surface area contributed by atoms with E-state index >= 15 is 0 Å². The smallest absolute Gasteiger partial charge is 0.261 e. The molecule has 5 heteroatoms. The first-order chi connectivity index (χ1) is 8.15. The molecule has 1 aromatic rings. The average Bonchev–Trinajstić information content (AvgIpc) is 2.62. The molecule has 1 aliphatic heterocycles. The van der Waals surface area contributed by atoms with Gasteiger partial charge < -0.3 is 10.6 Å². The zero-order valence-corrected chi connectivity index (χ0v) is 8.91. The molecule has 84 valence electrons. The zero-order chi connectivity index (χ0) is 12.4. The number of benzene rings is 1. The van der Waals surface area contributed by atoms with Gasteiger partial charge in [0.2, 0.25) is 0 Å². The van der Waals surface area contributed by atoms with E-state index in [9.17, 15) is 9.59 Å². The van der Waals surface area contributed by atoms with Crippen LogP contribution in [0.1, 0.15) is 20.7 Å². The second-order valence-electron chi connectivity index (χ2n) is 3.47. The number of amides is 2. The van der Waals surface area contributed by atoms with E-state index in [-0.39, 0.29) is 0 Å². The maximum Gasteiger partial charge on any atom is 0.261 e. The number of carbonyl (C=O) groups excluding carboxylic acids is 2. The molecule has 0 radical (unpaired) electrons. The number of hydrogen-bond acceptors (Lipinski definition) is 4. The Labute approximate surface area is 94.7 Å². The topological polar surface area (TPSA) is 70.2 Å². The molecule has 2 amide bonds. The van der Waals surface area contributed by atoms with E-state index in [0.717, 1.165) is 0 Å². The minimum Gasteiger partial charge on any atom is -0.383 e. The van der Waals surface area contributed by atoms with E-state index < -0.39 is 11.8 Å². The van der Waals surface area contributed by atoms with Crippen molar-refractivity contribution in [3.63, 3.8) is 0 Å². The van der Waals surface area contributed by atoms with Gasteiger partial charge >= 0.3 is 0 Å². The zero-order valence-electron chi connectivity index (χ0n) is 9.91.